The van der Waals surface area contributed by atoms with Gasteiger partial charge in [0.2, 0.25) is 5.91 Å². The zero-order valence-electron chi connectivity index (χ0n) is 17.6. The Labute approximate surface area is 184 Å². The number of piperidine rings is 1. The van der Waals surface area contributed by atoms with Gasteiger partial charge in [0, 0.05) is 28.0 Å². The minimum absolute atomic E-state index is 0.0166. The van der Waals surface area contributed by atoms with Crippen LogP contribution in [0.25, 0.3) is 11.1 Å². The maximum atomic E-state index is 13.4. The number of amides is 1. The molecule has 3 fully saturated rings. The normalized spacial score (nSPS) is 28.0. The summed E-state index contributed by atoms with van der Waals surface area (Å²) in [6.45, 7) is 1.87. The molecule has 6 unspecified atom stereocenters. The van der Waals surface area contributed by atoms with E-state index in [2.05, 4.69) is 10.6 Å². The van der Waals surface area contributed by atoms with Crippen molar-refractivity contribution < 1.29 is 13.4 Å². The topological polar surface area (TPSA) is 82.0 Å². The van der Waals surface area contributed by atoms with Crippen LogP contribution in [0.1, 0.15) is 18.4 Å². The van der Waals surface area contributed by atoms with Gasteiger partial charge < -0.3 is 10.6 Å². The predicted molar refractivity (Wildman–Crippen MR) is 118 cm³/mol. The second kappa shape index (κ2) is 8.89. The van der Waals surface area contributed by atoms with Crippen LogP contribution in [0.3, 0.4) is 0 Å². The molecule has 5 nitrogen and oxygen atoms in total. The fourth-order valence-corrected chi connectivity index (χ4v) is 5.40. The van der Waals surface area contributed by atoms with Crippen molar-refractivity contribution in [2.75, 3.05) is 12.8 Å². The van der Waals surface area contributed by atoms with Gasteiger partial charge in [-0.3, -0.25) is 9.00 Å². The Bertz CT molecular complexity index is 1050. The van der Waals surface area contributed by atoms with E-state index in [1.165, 1.54) is 18.9 Å². The average molecular weight is 440 g/mol. The first-order valence-corrected chi connectivity index (χ1v) is 12.1. The number of hydrogen-bond donors (Lipinski definition) is 2. The minimum atomic E-state index is -0.976. The highest BCUT2D eigenvalue weighted by atomic mass is 32.2. The number of rotatable bonds is 4. The molecule has 0 aromatic heterocycles. The van der Waals surface area contributed by atoms with Gasteiger partial charge in [-0.25, -0.2) is 4.39 Å². The maximum Gasteiger partial charge on any atom is 0.238 e. The molecule has 2 N–H and O–H groups in total. The van der Waals surface area contributed by atoms with Crippen LogP contribution in [0.5, 0.6) is 0 Å². The van der Waals surface area contributed by atoms with Gasteiger partial charge in [0.05, 0.1) is 12.1 Å². The summed E-state index contributed by atoms with van der Waals surface area (Å²) in [5.41, 5.74) is 2.40. The van der Waals surface area contributed by atoms with Crippen LogP contribution in [0.2, 0.25) is 0 Å². The molecule has 31 heavy (non-hydrogen) atoms. The molecule has 0 radical (unpaired) electrons. The van der Waals surface area contributed by atoms with Crippen molar-refractivity contribution in [3.8, 4) is 17.2 Å². The summed E-state index contributed by atoms with van der Waals surface area (Å²) in [6.07, 6.45) is 4.12. The first kappa shape index (κ1) is 21.7. The smallest absolute Gasteiger partial charge is 0.238 e. The van der Waals surface area contributed by atoms with Crippen molar-refractivity contribution in [1.29, 1.82) is 5.26 Å². The number of nitrogens with zero attached hydrogens (tertiary/aromatic N) is 1. The van der Waals surface area contributed by atoms with E-state index >= 15 is 0 Å². The van der Waals surface area contributed by atoms with Crippen LogP contribution >= 0.6 is 0 Å². The highest BCUT2D eigenvalue weighted by molar-refractivity contribution is 7.84. The summed E-state index contributed by atoms with van der Waals surface area (Å²) < 4.78 is 24.7. The number of carbonyl (C=O) groups is 1. The lowest BCUT2D eigenvalue weighted by Crippen LogP contribution is -2.48. The molecule has 1 aliphatic heterocycles. The molecule has 6 atom stereocenters. The van der Waals surface area contributed by atoms with E-state index < -0.39 is 10.8 Å². The van der Waals surface area contributed by atoms with E-state index in [0.29, 0.717) is 17.5 Å². The fourth-order valence-electron chi connectivity index (χ4n) is 4.88. The Hall–Kier alpha value is -2.56. The van der Waals surface area contributed by atoms with Crippen LogP contribution < -0.4 is 10.6 Å². The molecule has 1 heterocycles. The summed E-state index contributed by atoms with van der Waals surface area (Å²) >= 11 is 0. The van der Waals surface area contributed by atoms with Crippen molar-refractivity contribution in [3.05, 3.63) is 53.8 Å². The number of halogens is 1. The maximum absolute atomic E-state index is 13.4. The van der Waals surface area contributed by atoms with Gasteiger partial charge >= 0.3 is 0 Å². The van der Waals surface area contributed by atoms with Crippen molar-refractivity contribution in [2.45, 2.75) is 36.7 Å². The molecule has 2 saturated carbocycles. The van der Waals surface area contributed by atoms with Crippen LogP contribution in [0.4, 0.5) is 4.39 Å². The first-order valence-electron chi connectivity index (χ1n) is 10.5. The molecule has 2 bridgehead atoms. The number of fused-ring (bicyclic) bond motifs is 5. The van der Waals surface area contributed by atoms with E-state index in [9.17, 15) is 13.4 Å². The van der Waals surface area contributed by atoms with Gasteiger partial charge in [-0.15, -0.1) is 0 Å². The number of nitrogens with one attached hydrogen (secondary N) is 2. The molecule has 1 saturated heterocycles. The van der Waals surface area contributed by atoms with E-state index in [4.69, 9.17) is 5.26 Å². The lowest BCUT2D eigenvalue weighted by molar-refractivity contribution is -0.123. The van der Waals surface area contributed by atoms with E-state index in [0.717, 1.165) is 27.9 Å². The third kappa shape index (κ3) is 4.56. The molecule has 5 rings (SSSR count). The summed E-state index contributed by atoms with van der Waals surface area (Å²) in [7, 11) is -0.976. The first-order chi connectivity index (χ1) is 14.9. The Morgan fingerprint density at radius 3 is 2.45 bits per heavy atom. The number of hydrogen-bond acceptors (Lipinski definition) is 4. The van der Waals surface area contributed by atoms with Gasteiger partial charge in [-0.05, 0) is 72.4 Å². The van der Waals surface area contributed by atoms with Crippen molar-refractivity contribution >= 4 is 16.7 Å². The third-order valence-electron chi connectivity index (χ3n) is 6.62. The van der Waals surface area contributed by atoms with Crippen molar-refractivity contribution in [3.63, 3.8) is 0 Å². The number of benzene rings is 2. The molecule has 162 valence electrons. The SMILES string of the molecule is Cc1ccc(-c2ccc(S(C)=O)cc2)cc1F.N#CCNC(=O)C1NC2CC1C1CC21. The molecule has 2 aromatic rings. The summed E-state index contributed by atoms with van der Waals surface area (Å²) in [5, 5.41) is 14.4. The lowest BCUT2D eigenvalue weighted by atomic mass is 9.97. The number of nitriles is 1. The van der Waals surface area contributed by atoms with Gasteiger partial charge in [0.1, 0.15) is 12.4 Å². The van der Waals surface area contributed by atoms with Gasteiger partial charge in [0.25, 0.3) is 0 Å². The Morgan fingerprint density at radius 2 is 1.87 bits per heavy atom. The zero-order chi connectivity index (χ0) is 22.1. The summed E-state index contributed by atoms with van der Waals surface area (Å²) in [5.74, 6) is 2.03. The van der Waals surface area contributed by atoms with Gasteiger partial charge in [0.15, 0.2) is 0 Å². The molecular weight excluding hydrogens is 413 g/mol. The Balaban J connectivity index is 0.000000151. The fraction of sp³-hybridized carbons (Fsp3) is 0.417. The highest BCUT2D eigenvalue weighted by Gasteiger charge is 2.62. The standard InChI is InChI=1S/C14H13FOS.C10H13N3O/c1-10-3-4-12(9-14(10)15)11-5-7-13(8-6-11)17(2)16;11-1-2-12-10(14)9-7-4-8(13-9)6-3-5(6)7/h3-9H,1-2H3;5-9,13H,2-4H2,(H,12,14). The predicted octanol–water partition coefficient (Wildman–Crippen LogP) is 3.16. The van der Waals surface area contributed by atoms with Crippen LogP contribution in [0, 0.1) is 41.8 Å². The van der Waals surface area contributed by atoms with E-state index in [1.54, 1.807) is 19.2 Å². The molecule has 7 heteroatoms. The van der Waals surface area contributed by atoms with Crippen molar-refractivity contribution in [2.24, 2.45) is 17.8 Å². The van der Waals surface area contributed by atoms with Gasteiger partial charge in [-0.1, -0.05) is 24.3 Å². The minimum Gasteiger partial charge on any atom is -0.342 e. The largest absolute Gasteiger partial charge is 0.342 e. The number of carbonyl (C=O) groups excluding carboxylic acids is 1. The second-order valence-electron chi connectivity index (χ2n) is 8.53. The summed E-state index contributed by atoms with van der Waals surface area (Å²) in [6, 6.07) is 15.0. The average Bonchev–Trinajstić information content (AvgIpc) is 3.37. The molecule has 2 aromatic carbocycles. The molecule has 3 aliphatic rings. The number of aryl methyl sites for hydroxylation is 1. The third-order valence-corrected chi connectivity index (χ3v) is 7.56. The quantitative estimate of drug-likeness (QED) is 0.717. The molecule has 2 aliphatic carbocycles. The van der Waals surface area contributed by atoms with Gasteiger partial charge in [-0.2, -0.15) is 5.26 Å². The highest BCUT2D eigenvalue weighted by Crippen LogP contribution is 2.59. The molecule has 0 spiro atoms. The molecule has 1 amide bonds. The van der Waals surface area contributed by atoms with Crippen LogP contribution in [-0.4, -0.2) is 35.0 Å². The van der Waals surface area contributed by atoms with E-state index in [1.807, 2.05) is 36.4 Å². The lowest BCUT2D eigenvalue weighted by Gasteiger charge is -2.21. The van der Waals surface area contributed by atoms with Crippen LogP contribution in [0.15, 0.2) is 47.4 Å². The Morgan fingerprint density at radius 1 is 1.16 bits per heavy atom. The zero-order valence-corrected chi connectivity index (χ0v) is 18.4. The Kier molecular flexibility index (Phi) is 6.22. The molecular formula is C24H26FN3O2S. The van der Waals surface area contributed by atoms with Crippen molar-refractivity contribution in [1.82, 2.24) is 10.6 Å². The van der Waals surface area contributed by atoms with E-state index in [-0.39, 0.29) is 24.3 Å². The van der Waals surface area contributed by atoms with Crippen LogP contribution in [-0.2, 0) is 15.6 Å². The monoisotopic (exact) mass is 439 g/mol. The summed E-state index contributed by atoms with van der Waals surface area (Å²) in [4.78, 5) is 12.4. The second-order valence-corrected chi connectivity index (χ2v) is 9.91.